The molecule has 1 aromatic heterocycles. The van der Waals surface area contributed by atoms with Gasteiger partial charge in [-0.2, -0.15) is 0 Å². The molecule has 120 valence electrons. The zero-order valence-electron chi connectivity index (χ0n) is 12.2. The molecule has 0 aliphatic carbocycles. The summed E-state index contributed by atoms with van der Waals surface area (Å²) in [4.78, 5) is 20.1. The van der Waals surface area contributed by atoms with Crippen molar-refractivity contribution in [2.45, 2.75) is 0 Å². The highest BCUT2D eigenvalue weighted by molar-refractivity contribution is 6.34. The molecule has 1 N–H and O–H groups in total. The highest BCUT2D eigenvalue weighted by atomic mass is 35.5. The Bertz CT molecular complexity index is 857. The molecular weight excluding hydrogens is 333 g/mol. The third-order valence-corrected chi connectivity index (χ3v) is 3.33. The van der Waals surface area contributed by atoms with E-state index in [1.165, 1.54) is 18.5 Å². The van der Waals surface area contributed by atoms with E-state index in [0.29, 0.717) is 11.4 Å². The zero-order chi connectivity index (χ0) is 16.9. The third kappa shape index (κ3) is 3.85. The number of hydrogen-bond donors (Lipinski definition) is 1. The summed E-state index contributed by atoms with van der Waals surface area (Å²) in [6.45, 7) is 0. The lowest BCUT2D eigenvalue weighted by Crippen LogP contribution is -2.13. The molecular formula is C17H11ClFN3O2. The molecule has 0 aliphatic heterocycles. The molecule has 7 heteroatoms. The molecule has 2 aromatic carbocycles. The number of nitrogens with zero attached hydrogens (tertiary/aromatic N) is 2. The largest absolute Gasteiger partial charge is 0.424 e. The van der Waals surface area contributed by atoms with Gasteiger partial charge in [0, 0.05) is 0 Å². The highest BCUT2D eigenvalue weighted by Gasteiger charge is 2.12. The van der Waals surface area contributed by atoms with Crippen LogP contribution in [-0.2, 0) is 0 Å². The van der Waals surface area contributed by atoms with Crippen molar-refractivity contribution in [2.75, 3.05) is 5.32 Å². The summed E-state index contributed by atoms with van der Waals surface area (Å²) in [6.07, 6.45) is 2.81. The number of benzene rings is 2. The van der Waals surface area contributed by atoms with Gasteiger partial charge in [0.2, 0.25) is 0 Å². The first kappa shape index (κ1) is 15.9. The Morgan fingerprint density at radius 1 is 1.08 bits per heavy atom. The van der Waals surface area contributed by atoms with Gasteiger partial charge in [0.15, 0.2) is 0 Å². The molecule has 0 aliphatic rings. The summed E-state index contributed by atoms with van der Waals surface area (Å²) in [7, 11) is 0. The Morgan fingerprint density at radius 2 is 1.79 bits per heavy atom. The molecule has 0 spiro atoms. The monoisotopic (exact) mass is 343 g/mol. The maximum atomic E-state index is 13.0. The van der Waals surface area contributed by atoms with Gasteiger partial charge >= 0.3 is 6.01 Å². The second-order valence-electron chi connectivity index (χ2n) is 4.75. The van der Waals surface area contributed by atoms with E-state index < -0.39 is 11.7 Å². The standard InChI is InChI=1S/C17H11ClFN3O2/c18-15-8-11(19)6-7-14(15)16(23)22-12-9-20-17(21-10-12)24-13-4-2-1-3-5-13/h1-10H,(H,22,23). The fraction of sp³-hybridized carbons (Fsp3) is 0. The van der Waals surface area contributed by atoms with Crippen molar-refractivity contribution in [3.8, 4) is 11.8 Å². The molecule has 5 nitrogen and oxygen atoms in total. The van der Waals surface area contributed by atoms with Crippen LogP contribution in [-0.4, -0.2) is 15.9 Å². The Morgan fingerprint density at radius 3 is 2.46 bits per heavy atom. The van der Waals surface area contributed by atoms with Crippen molar-refractivity contribution in [3.05, 3.63) is 77.3 Å². The first-order valence-corrected chi connectivity index (χ1v) is 7.31. The minimum absolute atomic E-state index is 0.0254. The first-order chi connectivity index (χ1) is 11.6. The minimum Gasteiger partial charge on any atom is -0.424 e. The van der Waals surface area contributed by atoms with Crippen molar-refractivity contribution < 1.29 is 13.9 Å². The Labute approximate surface area is 142 Å². The molecule has 0 radical (unpaired) electrons. The molecule has 0 fully saturated rings. The summed E-state index contributed by atoms with van der Waals surface area (Å²) >= 11 is 5.85. The lowest BCUT2D eigenvalue weighted by Gasteiger charge is -2.07. The van der Waals surface area contributed by atoms with E-state index in [1.54, 1.807) is 12.1 Å². The van der Waals surface area contributed by atoms with Crippen LogP contribution in [0.25, 0.3) is 0 Å². The number of amides is 1. The number of carbonyl (C=O) groups excluding carboxylic acids is 1. The lowest BCUT2D eigenvalue weighted by molar-refractivity contribution is 0.102. The van der Waals surface area contributed by atoms with E-state index in [-0.39, 0.29) is 16.6 Å². The fourth-order valence-electron chi connectivity index (χ4n) is 1.90. The quantitative estimate of drug-likeness (QED) is 0.766. The zero-order valence-corrected chi connectivity index (χ0v) is 13.0. The summed E-state index contributed by atoms with van der Waals surface area (Å²) < 4.78 is 18.5. The average Bonchev–Trinajstić information content (AvgIpc) is 2.57. The first-order valence-electron chi connectivity index (χ1n) is 6.93. The van der Waals surface area contributed by atoms with Crippen LogP contribution in [0.4, 0.5) is 10.1 Å². The molecule has 0 saturated carbocycles. The van der Waals surface area contributed by atoms with Gasteiger partial charge < -0.3 is 10.1 Å². The van der Waals surface area contributed by atoms with E-state index in [2.05, 4.69) is 15.3 Å². The van der Waals surface area contributed by atoms with E-state index in [1.807, 2.05) is 18.2 Å². The van der Waals surface area contributed by atoms with Gasteiger partial charge in [-0.1, -0.05) is 29.8 Å². The smallest absolute Gasteiger partial charge is 0.322 e. The van der Waals surface area contributed by atoms with Crippen LogP contribution in [0.2, 0.25) is 5.02 Å². The number of carbonyl (C=O) groups is 1. The third-order valence-electron chi connectivity index (χ3n) is 3.01. The summed E-state index contributed by atoms with van der Waals surface area (Å²) in [5.74, 6) is -0.394. The summed E-state index contributed by atoms with van der Waals surface area (Å²) in [5.41, 5.74) is 0.517. The van der Waals surface area contributed by atoms with Gasteiger partial charge in [0.1, 0.15) is 11.6 Å². The van der Waals surface area contributed by atoms with Crippen molar-refractivity contribution in [2.24, 2.45) is 0 Å². The predicted molar refractivity (Wildman–Crippen MR) is 87.9 cm³/mol. The summed E-state index contributed by atoms with van der Waals surface area (Å²) in [5, 5.41) is 2.61. The van der Waals surface area contributed by atoms with Gasteiger partial charge in [0.05, 0.1) is 28.7 Å². The van der Waals surface area contributed by atoms with Gasteiger partial charge in [-0.15, -0.1) is 0 Å². The highest BCUT2D eigenvalue weighted by Crippen LogP contribution is 2.20. The maximum absolute atomic E-state index is 13.0. The Hall–Kier alpha value is -2.99. The number of ether oxygens (including phenoxy) is 1. The normalized spacial score (nSPS) is 10.2. The van der Waals surface area contributed by atoms with Crippen molar-refractivity contribution >= 4 is 23.2 Å². The Balaban J connectivity index is 1.68. The van der Waals surface area contributed by atoms with Gasteiger partial charge in [-0.3, -0.25) is 4.79 Å². The van der Waals surface area contributed by atoms with Crippen LogP contribution >= 0.6 is 11.6 Å². The predicted octanol–water partition coefficient (Wildman–Crippen LogP) is 4.31. The molecule has 3 aromatic rings. The van der Waals surface area contributed by atoms with Crippen LogP contribution in [0.15, 0.2) is 60.9 Å². The molecule has 0 saturated heterocycles. The van der Waals surface area contributed by atoms with E-state index in [9.17, 15) is 9.18 Å². The minimum atomic E-state index is -0.512. The second-order valence-corrected chi connectivity index (χ2v) is 5.15. The molecule has 24 heavy (non-hydrogen) atoms. The average molecular weight is 344 g/mol. The van der Waals surface area contributed by atoms with Crippen LogP contribution in [0.5, 0.6) is 11.8 Å². The molecule has 0 bridgehead atoms. The van der Waals surface area contributed by atoms with Crippen LogP contribution in [0.1, 0.15) is 10.4 Å². The number of halogens is 2. The Kier molecular flexibility index (Phi) is 4.67. The molecule has 3 rings (SSSR count). The van der Waals surface area contributed by atoms with Gasteiger partial charge in [0.25, 0.3) is 5.91 Å². The molecule has 1 amide bonds. The van der Waals surface area contributed by atoms with Crippen molar-refractivity contribution in [3.63, 3.8) is 0 Å². The van der Waals surface area contributed by atoms with Crippen LogP contribution in [0.3, 0.4) is 0 Å². The fourth-order valence-corrected chi connectivity index (χ4v) is 2.15. The number of nitrogens with one attached hydrogen (secondary N) is 1. The van der Waals surface area contributed by atoms with Gasteiger partial charge in [-0.25, -0.2) is 14.4 Å². The summed E-state index contributed by atoms with van der Waals surface area (Å²) in [6, 6.07) is 12.8. The van der Waals surface area contributed by atoms with Gasteiger partial charge in [-0.05, 0) is 30.3 Å². The topological polar surface area (TPSA) is 64.1 Å². The van der Waals surface area contributed by atoms with Crippen LogP contribution in [0, 0.1) is 5.82 Å². The van der Waals surface area contributed by atoms with E-state index in [4.69, 9.17) is 16.3 Å². The molecule has 0 unspecified atom stereocenters. The molecule has 1 heterocycles. The van der Waals surface area contributed by atoms with E-state index >= 15 is 0 Å². The van der Waals surface area contributed by atoms with Crippen molar-refractivity contribution in [1.29, 1.82) is 0 Å². The number of para-hydroxylation sites is 1. The van der Waals surface area contributed by atoms with Crippen molar-refractivity contribution in [1.82, 2.24) is 9.97 Å². The van der Waals surface area contributed by atoms with E-state index in [0.717, 1.165) is 12.1 Å². The number of aromatic nitrogens is 2. The number of anilines is 1. The number of hydrogen-bond acceptors (Lipinski definition) is 4. The maximum Gasteiger partial charge on any atom is 0.322 e. The molecule has 0 atom stereocenters. The number of rotatable bonds is 4. The SMILES string of the molecule is O=C(Nc1cnc(Oc2ccccc2)nc1)c1ccc(F)cc1Cl. The second kappa shape index (κ2) is 7.06. The van der Waals surface area contributed by atoms with Crippen LogP contribution < -0.4 is 10.1 Å². The lowest BCUT2D eigenvalue weighted by atomic mass is 10.2.